The fraction of sp³-hybridized carbons (Fsp3) is 0.333. The number of aryl methyl sites for hydroxylation is 2. The van der Waals surface area contributed by atoms with Gasteiger partial charge in [0.05, 0.1) is 0 Å². The van der Waals surface area contributed by atoms with Crippen molar-refractivity contribution >= 4 is 11.4 Å². The van der Waals surface area contributed by atoms with Crippen molar-refractivity contribution in [2.24, 2.45) is 10.8 Å². The molecule has 0 spiro atoms. The average Bonchev–Trinajstić information content (AvgIpc) is 2.86. The highest BCUT2D eigenvalue weighted by molar-refractivity contribution is 5.71. The van der Waals surface area contributed by atoms with Gasteiger partial charge in [-0.25, -0.2) is 0 Å². The van der Waals surface area contributed by atoms with Gasteiger partial charge in [0.25, 0.3) is 0 Å². The maximum absolute atomic E-state index is 2.35. The van der Waals surface area contributed by atoms with Crippen LogP contribution in [0.2, 0.25) is 0 Å². The molecular formula is C27H33N. The molecule has 1 heteroatoms. The topological polar surface area (TPSA) is 3.24 Å². The van der Waals surface area contributed by atoms with Gasteiger partial charge in [0.2, 0.25) is 0 Å². The van der Waals surface area contributed by atoms with Gasteiger partial charge in [0, 0.05) is 22.5 Å². The lowest BCUT2D eigenvalue weighted by Gasteiger charge is -2.37. The third kappa shape index (κ3) is 3.99. The van der Waals surface area contributed by atoms with Crippen LogP contribution >= 0.6 is 0 Å². The zero-order valence-electron chi connectivity index (χ0n) is 18.2. The first-order valence-corrected chi connectivity index (χ1v) is 10.3. The Bertz CT molecular complexity index is 909. The smallest absolute Gasteiger partial charge is 0.0464 e. The first-order valence-electron chi connectivity index (χ1n) is 10.3. The van der Waals surface area contributed by atoms with Crippen molar-refractivity contribution in [2.75, 3.05) is 4.90 Å². The van der Waals surface area contributed by atoms with Crippen LogP contribution in [0.1, 0.15) is 45.7 Å². The third-order valence-electron chi connectivity index (χ3n) is 6.16. The van der Waals surface area contributed by atoms with E-state index in [2.05, 4.69) is 125 Å². The van der Waals surface area contributed by atoms with Crippen molar-refractivity contribution in [1.82, 2.24) is 0 Å². The zero-order chi connectivity index (χ0) is 20.4. The quantitative estimate of drug-likeness (QED) is 0.531. The van der Waals surface area contributed by atoms with Crippen molar-refractivity contribution in [3.05, 3.63) is 95.7 Å². The van der Waals surface area contributed by atoms with E-state index in [1.165, 1.54) is 28.2 Å². The summed E-state index contributed by atoms with van der Waals surface area (Å²) in [7, 11) is 0. The second kappa shape index (κ2) is 7.83. The Labute approximate surface area is 171 Å². The molecule has 0 amide bonds. The van der Waals surface area contributed by atoms with Crippen LogP contribution in [0.5, 0.6) is 0 Å². The molecule has 0 radical (unpaired) electrons. The number of para-hydroxylation sites is 1. The summed E-state index contributed by atoms with van der Waals surface area (Å²) in [5.74, 6) is 0. The Balaban J connectivity index is 2.09. The van der Waals surface area contributed by atoms with Crippen molar-refractivity contribution in [3.63, 3.8) is 0 Å². The standard InChI is InChI=1S/C27H33N/c1-7-22-15-16-25(20-21(22)2)28(23-12-9-8-10-13-23)24-14-11-18-27(6,19-17-24)26(3,4)5/h8-20H,7H2,1-6H3. The second-order valence-electron chi connectivity index (χ2n) is 8.95. The van der Waals surface area contributed by atoms with Gasteiger partial charge >= 0.3 is 0 Å². The van der Waals surface area contributed by atoms with Gasteiger partial charge in [-0.15, -0.1) is 0 Å². The molecule has 28 heavy (non-hydrogen) atoms. The first-order chi connectivity index (χ1) is 13.2. The molecule has 0 fully saturated rings. The van der Waals surface area contributed by atoms with E-state index in [-0.39, 0.29) is 10.8 Å². The molecule has 2 aromatic rings. The predicted octanol–water partition coefficient (Wildman–Crippen LogP) is 7.76. The van der Waals surface area contributed by atoms with Crippen LogP contribution in [0.25, 0.3) is 0 Å². The Morgan fingerprint density at radius 1 is 0.929 bits per heavy atom. The number of nitrogens with zero attached hydrogens (tertiary/aromatic N) is 1. The fourth-order valence-corrected chi connectivity index (χ4v) is 3.61. The lowest BCUT2D eigenvalue weighted by molar-refractivity contribution is 0.228. The summed E-state index contributed by atoms with van der Waals surface area (Å²) in [6, 6.07) is 17.4. The fourth-order valence-electron chi connectivity index (χ4n) is 3.61. The van der Waals surface area contributed by atoms with Gasteiger partial charge in [-0.1, -0.05) is 77.1 Å². The molecule has 0 saturated carbocycles. The highest BCUT2D eigenvalue weighted by Gasteiger charge is 2.33. The van der Waals surface area contributed by atoms with Crippen LogP contribution in [0, 0.1) is 17.8 Å². The van der Waals surface area contributed by atoms with Crippen molar-refractivity contribution < 1.29 is 0 Å². The summed E-state index contributed by atoms with van der Waals surface area (Å²) in [6.07, 6.45) is 12.5. The van der Waals surface area contributed by atoms with Crippen LogP contribution in [-0.4, -0.2) is 0 Å². The number of benzene rings is 2. The van der Waals surface area contributed by atoms with Gasteiger partial charge in [0.1, 0.15) is 0 Å². The number of hydrogen-bond donors (Lipinski definition) is 0. The van der Waals surface area contributed by atoms with Crippen LogP contribution in [0.4, 0.5) is 11.4 Å². The molecule has 1 unspecified atom stereocenters. The molecule has 1 aliphatic carbocycles. The van der Waals surface area contributed by atoms with Crippen LogP contribution in [-0.2, 0) is 6.42 Å². The molecule has 0 saturated heterocycles. The van der Waals surface area contributed by atoms with Crippen LogP contribution in [0.3, 0.4) is 0 Å². The van der Waals surface area contributed by atoms with E-state index < -0.39 is 0 Å². The van der Waals surface area contributed by atoms with Crippen molar-refractivity contribution in [2.45, 2.75) is 48.0 Å². The van der Waals surface area contributed by atoms with E-state index in [4.69, 9.17) is 0 Å². The zero-order valence-corrected chi connectivity index (χ0v) is 18.2. The highest BCUT2D eigenvalue weighted by Crippen LogP contribution is 2.43. The Hall–Kier alpha value is -2.54. The summed E-state index contributed by atoms with van der Waals surface area (Å²) in [4.78, 5) is 2.35. The monoisotopic (exact) mass is 371 g/mol. The molecular weight excluding hydrogens is 338 g/mol. The predicted molar refractivity (Wildman–Crippen MR) is 123 cm³/mol. The molecule has 0 aromatic heterocycles. The van der Waals surface area contributed by atoms with Gasteiger partial charge in [-0.2, -0.15) is 0 Å². The van der Waals surface area contributed by atoms with Gasteiger partial charge in [0.15, 0.2) is 0 Å². The minimum atomic E-state index is 0.00952. The van der Waals surface area contributed by atoms with Crippen molar-refractivity contribution in [3.8, 4) is 0 Å². The molecule has 0 N–H and O–H groups in total. The van der Waals surface area contributed by atoms with Crippen molar-refractivity contribution in [1.29, 1.82) is 0 Å². The van der Waals surface area contributed by atoms with Gasteiger partial charge in [-0.05, 0) is 66.3 Å². The van der Waals surface area contributed by atoms with Crippen LogP contribution in [0.15, 0.2) is 84.6 Å². The third-order valence-corrected chi connectivity index (χ3v) is 6.16. The summed E-state index contributed by atoms with van der Waals surface area (Å²) in [5, 5.41) is 0. The number of rotatable bonds is 4. The summed E-state index contributed by atoms with van der Waals surface area (Å²) in [6.45, 7) is 13.6. The molecule has 146 valence electrons. The number of hydrogen-bond acceptors (Lipinski definition) is 1. The normalized spacial score (nSPS) is 19.3. The summed E-state index contributed by atoms with van der Waals surface area (Å²) >= 11 is 0. The molecule has 1 atom stereocenters. The van der Waals surface area contributed by atoms with E-state index in [1.54, 1.807) is 0 Å². The van der Waals surface area contributed by atoms with E-state index in [0.29, 0.717) is 0 Å². The molecule has 1 aliphatic rings. The Morgan fingerprint density at radius 3 is 2.25 bits per heavy atom. The molecule has 2 aromatic carbocycles. The number of anilines is 2. The summed E-state index contributed by atoms with van der Waals surface area (Å²) < 4.78 is 0. The minimum Gasteiger partial charge on any atom is -0.311 e. The van der Waals surface area contributed by atoms with E-state index in [1.807, 2.05) is 0 Å². The van der Waals surface area contributed by atoms with Crippen LogP contribution < -0.4 is 4.90 Å². The minimum absolute atomic E-state index is 0.00952. The van der Waals surface area contributed by atoms with E-state index >= 15 is 0 Å². The Kier molecular flexibility index (Phi) is 5.65. The van der Waals surface area contributed by atoms with E-state index in [0.717, 1.165) is 6.42 Å². The number of allylic oxidation sites excluding steroid dienone is 5. The highest BCUT2D eigenvalue weighted by atomic mass is 15.1. The maximum atomic E-state index is 2.35. The summed E-state index contributed by atoms with van der Waals surface area (Å²) in [5.41, 5.74) is 6.46. The molecule has 0 heterocycles. The second-order valence-corrected chi connectivity index (χ2v) is 8.95. The SMILES string of the molecule is CCc1ccc(N(C2=CC=CC(C)(C(C)(C)C)C=C2)c2ccccc2)cc1C. The molecule has 3 rings (SSSR count). The van der Waals surface area contributed by atoms with Gasteiger partial charge in [-0.3, -0.25) is 0 Å². The molecule has 0 bridgehead atoms. The van der Waals surface area contributed by atoms with Gasteiger partial charge < -0.3 is 4.90 Å². The molecule has 1 nitrogen and oxygen atoms in total. The average molecular weight is 372 g/mol. The largest absolute Gasteiger partial charge is 0.311 e. The molecule has 0 aliphatic heterocycles. The lowest BCUT2D eigenvalue weighted by Crippen LogP contribution is -2.28. The first kappa shape index (κ1) is 20.2. The lowest BCUT2D eigenvalue weighted by atomic mass is 9.68. The maximum Gasteiger partial charge on any atom is 0.0464 e. The van der Waals surface area contributed by atoms with E-state index in [9.17, 15) is 0 Å². The Morgan fingerprint density at radius 2 is 1.64 bits per heavy atom.